The molecule has 0 spiro atoms. The van der Waals surface area contributed by atoms with Crippen molar-refractivity contribution in [3.05, 3.63) is 64.7 Å². The second-order valence-corrected chi connectivity index (χ2v) is 8.89. The standard InChI is InChI=1S/C23H23ClF2N2O4/c24-18-5-4-17(9-19(18)26)32-11-21(30)28-23-12-22(13-23,14-23)27-20(29)10-31-7-6-15-2-1-3-16(25)8-15/h1-5,8-9H,6-7,10-14H2,(H,27,29)(H,28,30). The summed E-state index contributed by atoms with van der Waals surface area (Å²) in [5, 5.41) is 5.89. The van der Waals surface area contributed by atoms with E-state index < -0.39 is 5.82 Å². The molecule has 3 fully saturated rings. The average molecular weight is 465 g/mol. The van der Waals surface area contributed by atoms with Gasteiger partial charge in [0.1, 0.15) is 24.0 Å². The van der Waals surface area contributed by atoms with Crippen LogP contribution in [0.15, 0.2) is 42.5 Å². The zero-order valence-electron chi connectivity index (χ0n) is 17.3. The highest BCUT2D eigenvalue weighted by molar-refractivity contribution is 6.30. The van der Waals surface area contributed by atoms with Crippen molar-refractivity contribution in [2.45, 2.75) is 36.8 Å². The van der Waals surface area contributed by atoms with Crippen molar-refractivity contribution in [1.29, 1.82) is 0 Å². The van der Waals surface area contributed by atoms with E-state index in [1.165, 1.54) is 24.3 Å². The number of carbonyl (C=O) groups excluding carboxylic acids is 2. The lowest BCUT2D eigenvalue weighted by Crippen LogP contribution is -2.84. The van der Waals surface area contributed by atoms with E-state index in [0.29, 0.717) is 32.3 Å². The molecule has 0 aromatic heterocycles. The molecular weight excluding hydrogens is 442 g/mol. The van der Waals surface area contributed by atoms with Gasteiger partial charge in [-0.25, -0.2) is 8.78 Å². The number of benzene rings is 2. The third-order valence-electron chi connectivity index (χ3n) is 5.76. The highest BCUT2D eigenvalue weighted by Crippen LogP contribution is 2.60. The molecule has 2 amide bonds. The first-order valence-electron chi connectivity index (χ1n) is 10.3. The number of hydrogen-bond donors (Lipinski definition) is 2. The molecule has 2 bridgehead atoms. The fourth-order valence-corrected chi connectivity index (χ4v) is 4.60. The third-order valence-corrected chi connectivity index (χ3v) is 6.06. The van der Waals surface area contributed by atoms with E-state index in [9.17, 15) is 18.4 Å². The fraction of sp³-hybridized carbons (Fsp3) is 0.391. The molecule has 2 aromatic carbocycles. The number of nitrogens with one attached hydrogen (secondary N) is 2. The molecule has 0 aliphatic heterocycles. The van der Waals surface area contributed by atoms with Gasteiger partial charge in [-0.3, -0.25) is 9.59 Å². The molecule has 9 heteroatoms. The van der Waals surface area contributed by atoms with Gasteiger partial charge >= 0.3 is 0 Å². The number of halogens is 3. The van der Waals surface area contributed by atoms with Gasteiger partial charge in [0.15, 0.2) is 6.61 Å². The van der Waals surface area contributed by atoms with Crippen molar-refractivity contribution in [2.75, 3.05) is 19.8 Å². The van der Waals surface area contributed by atoms with Crippen molar-refractivity contribution >= 4 is 23.4 Å². The van der Waals surface area contributed by atoms with E-state index in [0.717, 1.165) is 11.6 Å². The predicted octanol–water partition coefficient (Wildman–Crippen LogP) is 3.16. The van der Waals surface area contributed by atoms with Gasteiger partial charge in [0.25, 0.3) is 5.91 Å². The van der Waals surface area contributed by atoms with Crippen LogP contribution in [0, 0.1) is 11.6 Å². The molecule has 2 aromatic rings. The van der Waals surface area contributed by atoms with E-state index in [1.807, 2.05) is 0 Å². The lowest BCUT2D eigenvalue weighted by Gasteiger charge is -2.70. The summed E-state index contributed by atoms with van der Waals surface area (Å²) in [7, 11) is 0. The second-order valence-electron chi connectivity index (χ2n) is 8.48. The monoisotopic (exact) mass is 464 g/mol. The van der Waals surface area contributed by atoms with Gasteiger partial charge in [-0.15, -0.1) is 0 Å². The summed E-state index contributed by atoms with van der Waals surface area (Å²) in [5.41, 5.74) is 0.195. The average Bonchev–Trinajstić information content (AvgIpc) is 2.70. The molecule has 3 aliphatic rings. The van der Waals surface area contributed by atoms with Crippen molar-refractivity contribution < 1.29 is 27.8 Å². The molecule has 0 atom stereocenters. The largest absolute Gasteiger partial charge is 0.484 e. The van der Waals surface area contributed by atoms with Crippen LogP contribution >= 0.6 is 11.6 Å². The first-order chi connectivity index (χ1) is 15.3. The Hall–Kier alpha value is -2.71. The number of ether oxygens (including phenoxy) is 2. The van der Waals surface area contributed by atoms with Crippen LogP contribution in [0.5, 0.6) is 5.75 Å². The molecule has 0 unspecified atom stereocenters. The van der Waals surface area contributed by atoms with Gasteiger partial charge in [0.05, 0.1) is 11.6 Å². The topological polar surface area (TPSA) is 76.7 Å². The minimum Gasteiger partial charge on any atom is -0.484 e. The SMILES string of the molecule is O=C(COCCc1cccc(F)c1)NC12CC(NC(=O)COc3ccc(Cl)c(F)c3)(C1)C2. The Morgan fingerprint density at radius 2 is 1.66 bits per heavy atom. The summed E-state index contributed by atoms with van der Waals surface area (Å²) in [6.45, 7) is 0.0185. The molecule has 0 radical (unpaired) electrons. The normalized spacial score (nSPS) is 23.0. The van der Waals surface area contributed by atoms with Gasteiger partial charge < -0.3 is 20.1 Å². The first-order valence-corrected chi connectivity index (χ1v) is 10.7. The maximum Gasteiger partial charge on any atom is 0.258 e. The number of amides is 2. The molecular formula is C23H23ClF2N2O4. The summed E-state index contributed by atoms with van der Waals surface area (Å²) >= 11 is 5.62. The maximum absolute atomic E-state index is 13.4. The van der Waals surface area contributed by atoms with E-state index in [2.05, 4.69) is 10.6 Å². The Kier molecular flexibility index (Phi) is 6.35. The fourth-order valence-electron chi connectivity index (χ4n) is 4.48. The Balaban J connectivity index is 1.11. The predicted molar refractivity (Wildman–Crippen MR) is 113 cm³/mol. The highest BCUT2D eigenvalue weighted by Gasteiger charge is 2.69. The Morgan fingerprint density at radius 1 is 0.969 bits per heavy atom. The smallest absolute Gasteiger partial charge is 0.258 e. The molecule has 5 rings (SSSR count). The first kappa shape index (κ1) is 22.5. The van der Waals surface area contributed by atoms with Gasteiger partial charge in [0.2, 0.25) is 5.91 Å². The van der Waals surface area contributed by atoms with Gasteiger partial charge in [-0.1, -0.05) is 23.7 Å². The Labute approximate surface area is 189 Å². The van der Waals surface area contributed by atoms with Crippen LogP contribution in [0.4, 0.5) is 8.78 Å². The van der Waals surface area contributed by atoms with Crippen molar-refractivity contribution in [1.82, 2.24) is 10.6 Å². The van der Waals surface area contributed by atoms with Crippen LogP contribution in [0.25, 0.3) is 0 Å². The number of carbonyl (C=O) groups is 2. The van der Waals surface area contributed by atoms with Crippen LogP contribution in [0.1, 0.15) is 24.8 Å². The molecule has 170 valence electrons. The lowest BCUT2D eigenvalue weighted by atomic mass is 9.44. The summed E-state index contributed by atoms with van der Waals surface area (Å²) in [5.74, 6) is -1.20. The molecule has 3 aliphatic carbocycles. The Bertz CT molecular complexity index is 1010. The Morgan fingerprint density at radius 3 is 2.31 bits per heavy atom. The molecule has 0 saturated heterocycles. The van der Waals surface area contributed by atoms with Gasteiger partial charge in [0, 0.05) is 17.1 Å². The molecule has 32 heavy (non-hydrogen) atoms. The maximum atomic E-state index is 13.4. The third kappa shape index (κ3) is 5.19. The van der Waals surface area contributed by atoms with Crippen LogP contribution < -0.4 is 15.4 Å². The molecule has 3 saturated carbocycles. The van der Waals surface area contributed by atoms with Gasteiger partial charge in [-0.05, 0) is 55.5 Å². The molecule has 2 N–H and O–H groups in total. The molecule has 0 heterocycles. The van der Waals surface area contributed by atoms with Gasteiger partial charge in [-0.2, -0.15) is 0 Å². The zero-order chi connectivity index (χ0) is 22.8. The van der Waals surface area contributed by atoms with Crippen molar-refractivity contribution in [3.63, 3.8) is 0 Å². The minimum atomic E-state index is -0.611. The second kappa shape index (κ2) is 9.03. The van der Waals surface area contributed by atoms with Crippen LogP contribution in [-0.4, -0.2) is 42.7 Å². The highest BCUT2D eigenvalue weighted by atomic mass is 35.5. The minimum absolute atomic E-state index is 0.0139. The van der Waals surface area contributed by atoms with E-state index in [-0.39, 0.29) is 52.7 Å². The summed E-state index contributed by atoms with van der Waals surface area (Å²) in [6, 6.07) is 10.2. The quantitative estimate of drug-likeness (QED) is 0.530. The van der Waals surface area contributed by atoms with Crippen LogP contribution in [0.3, 0.4) is 0 Å². The zero-order valence-corrected chi connectivity index (χ0v) is 18.0. The summed E-state index contributed by atoms with van der Waals surface area (Å²) < 4.78 is 37.3. The van der Waals surface area contributed by atoms with E-state index >= 15 is 0 Å². The van der Waals surface area contributed by atoms with E-state index in [1.54, 1.807) is 12.1 Å². The van der Waals surface area contributed by atoms with E-state index in [4.69, 9.17) is 21.1 Å². The summed E-state index contributed by atoms with van der Waals surface area (Å²) in [4.78, 5) is 24.3. The molecule has 6 nitrogen and oxygen atoms in total. The van der Waals surface area contributed by atoms with Crippen LogP contribution in [0.2, 0.25) is 5.02 Å². The van der Waals surface area contributed by atoms with Crippen molar-refractivity contribution in [2.24, 2.45) is 0 Å². The van der Waals surface area contributed by atoms with Crippen molar-refractivity contribution in [3.8, 4) is 5.75 Å². The summed E-state index contributed by atoms with van der Waals surface area (Å²) in [6.07, 6.45) is 2.47. The number of rotatable bonds is 10. The lowest BCUT2D eigenvalue weighted by molar-refractivity contribution is -0.152. The van der Waals surface area contributed by atoms with Crippen LogP contribution in [-0.2, 0) is 20.7 Å². The number of hydrogen-bond acceptors (Lipinski definition) is 4.